The standard InChI is InChI=1S/C15H17N3O3/c16-13-8-17-18(9-13)10-15(19)21-5-3-11-1-2-14-12(7-11)4-6-20-14/h1-2,7-9H,3-6,10,16H2. The summed E-state index contributed by atoms with van der Waals surface area (Å²) in [7, 11) is 0. The molecule has 2 N–H and O–H groups in total. The van der Waals surface area contributed by atoms with Gasteiger partial charge in [-0.05, 0) is 17.2 Å². The predicted molar refractivity (Wildman–Crippen MR) is 76.9 cm³/mol. The number of anilines is 1. The van der Waals surface area contributed by atoms with Gasteiger partial charge in [-0.2, -0.15) is 5.10 Å². The number of fused-ring (bicyclic) bond motifs is 1. The van der Waals surface area contributed by atoms with E-state index in [9.17, 15) is 4.79 Å². The summed E-state index contributed by atoms with van der Waals surface area (Å²) >= 11 is 0. The van der Waals surface area contributed by atoms with Crippen molar-refractivity contribution in [3.8, 4) is 5.75 Å². The number of aromatic nitrogens is 2. The van der Waals surface area contributed by atoms with Crippen LogP contribution < -0.4 is 10.5 Å². The van der Waals surface area contributed by atoms with E-state index in [0.717, 1.165) is 24.3 Å². The lowest BCUT2D eigenvalue weighted by atomic mass is 10.1. The molecule has 1 aromatic heterocycles. The molecular formula is C15H17N3O3. The fourth-order valence-electron chi connectivity index (χ4n) is 2.32. The summed E-state index contributed by atoms with van der Waals surface area (Å²) in [6, 6.07) is 6.10. The van der Waals surface area contributed by atoms with Crippen molar-refractivity contribution in [2.45, 2.75) is 19.4 Å². The van der Waals surface area contributed by atoms with Crippen molar-refractivity contribution in [3.05, 3.63) is 41.7 Å². The van der Waals surface area contributed by atoms with Gasteiger partial charge in [-0.1, -0.05) is 12.1 Å². The summed E-state index contributed by atoms with van der Waals surface area (Å²) in [6.07, 6.45) is 4.74. The van der Waals surface area contributed by atoms with Crippen molar-refractivity contribution >= 4 is 11.7 Å². The molecule has 0 aliphatic carbocycles. The molecule has 0 bridgehead atoms. The third-order valence-electron chi connectivity index (χ3n) is 3.35. The Hall–Kier alpha value is -2.50. The number of rotatable bonds is 5. The highest BCUT2D eigenvalue weighted by atomic mass is 16.5. The first-order valence-electron chi connectivity index (χ1n) is 6.89. The van der Waals surface area contributed by atoms with Crippen LogP contribution >= 0.6 is 0 Å². The molecular weight excluding hydrogens is 270 g/mol. The second kappa shape index (κ2) is 5.87. The van der Waals surface area contributed by atoms with Crippen LogP contribution in [-0.4, -0.2) is 29.0 Å². The highest BCUT2D eigenvalue weighted by Crippen LogP contribution is 2.25. The van der Waals surface area contributed by atoms with Crippen molar-refractivity contribution < 1.29 is 14.3 Å². The van der Waals surface area contributed by atoms with Crippen LogP contribution in [0.3, 0.4) is 0 Å². The summed E-state index contributed by atoms with van der Waals surface area (Å²) in [5.41, 5.74) is 8.44. The second-order valence-corrected chi connectivity index (χ2v) is 4.98. The van der Waals surface area contributed by atoms with Crippen LogP contribution in [0.25, 0.3) is 0 Å². The van der Waals surface area contributed by atoms with Gasteiger partial charge in [0.2, 0.25) is 0 Å². The SMILES string of the molecule is Nc1cnn(CC(=O)OCCc2ccc3c(c2)CCO3)c1. The van der Waals surface area contributed by atoms with Crippen molar-refractivity contribution in [3.63, 3.8) is 0 Å². The molecule has 3 rings (SSSR count). The third-order valence-corrected chi connectivity index (χ3v) is 3.35. The average molecular weight is 287 g/mol. The maximum absolute atomic E-state index is 11.7. The van der Waals surface area contributed by atoms with Crippen LogP contribution in [0.4, 0.5) is 5.69 Å². The molecule has 0 spiro atoms. The van der Waals surface area contributed by atoms with E-state index in [4.69, 9.17) is 15.2 Å². The molecule has 1 aliphatic rings. The Bertz CT molecular complexity index is 651. The van der Waals surface area contributed by atoms with Gasteiger partial charge in [0.05, 0.1) is 25.1 Å². The van der Waals surface area contributed by atoms with E-state index in [1.807, 2.05) is 12.1 Å². The number of nitrogen functional groups attached to an aromatic ring is 1. The van der Waals surface area contributed by atoms with Gasteiger partial charge in [0.15, 0.2) is 0 Å². The summed E-state index contributed by atoms with van der Waals surface area (Å²) in [6.45, 7) is 1.19. The molecule has 0 unspecified atom stereocenters. The Morgan fingerprint density at radius 2 is 2.38 bits per heavy atom. The molecule has 0 fully saturated rings. The Balaban J connectivity index is 1.46. The first-order chi connectivity index (χ1) is 10.2. The Labute approximate surface area is 122 Å². The van der Waals surface area contributed by atoms with Gasteiger partial charge >= 0.3 is 5.97 Å². The highest BCUT2D eigenvalue weighted by molar-refractivity contribution is 5.69. The molecule has 2 heterocycles. The van der Waals surface area contributed by atoms with Gasteiger partial charge in [-0.25, -0.2) is 0 Å². The zero-order valence-corrected chi connectivity index (χ0v) is 11.6. The minimum atomic E-state index is -0.317. The number of hydrogen-bond acceptors (Lipinski definition) is 5. The van der Waals surface area contributed by atoms with Crippen LogP contribution in [0.15, 0.2) is 30.6 Å². The monoisotopic (exact) mass is 287 g/mol. The predicted octanol–water partition coefficient (Wildman–Crippen LogP) is 1.19. The van der Waals surface area contributed by atoms with Crippen LogP contribution in [0, 0.1) is 0 Å². The lowest BCUT2D eigenvalue weighted by Crippen LogP contribution is -2.15. The van der Waals surface area contributed by atoms with E-state index < -0.39 is 0 Å². The van der Waals surface area contributed by atoms with Crippen LogP contribution in [0.5, 0.6) is 5.75 Å². The Morgan fingerprint density at radius 3 is 3.19 bits per heavy atom. The molecule has 0 radical (unpaired) electrons. The first kappa shape index (κ1) is 13.5. The van der Waals surface area contributed by atoms with Gasteiger partial charge in [-0.15, -0.1) is 0 Å². The summed E-state index contributed by atoms with van der Waals surface area (Å²) in [5.74, 6) is 0.648. The van der Waals surface area contributed by atoms with Crippen molar-refractivity contribution in [1.29, 1.82) is 0 Å². The fourth-order valence-corrected chi connectivity index (χ4v) is 2.32. The van der Waals surface area contributed by atoms with Gasteiger partial charge in [0, 0.05) is 19.0 Å². The normalized spacial score (nSPS) is 12.8. The molecule has 1 aromatic carbocycles. The molecule has 6 heteroatoms. The van der Waals surface area contributed by atoms with Gasteiger partial charge in [0.1, 0.15) is 12.3 Å². The number of nitrogens with two attached hydrogens (primary N) is 1. The molecule has 110 valence electrons. The molecule has 0 saturated carbocycles. The second-order valence-electron chi connectivity index (χ2n) is 4.98. The maximum atomic E-state index is 11.7. The zero-order valence-electron chi connectivity index (χ0n) is 11.6. The smallest absolute Gasteiger partial charge is 0.327 e. The minimum Gasteiger partial charge on any atom is -0.493 e. The molecule has 1 aliphatic heterocycles. The number of hydrogen-bond donors (Lipinski definition) is 1. The van der Waals surface area contributed by atoms with E-state index in [-0.39, 0.29) is 12.5 Å². The van der Waals surface area contributed by atoms with Crippen LogP contribution in [0.2, 0.25) is 0 Å². The quantitative estimate of drug-likeness (QED) is 0.835. The largest absolute Gasteiger partial charge is 0.493 e. The van der Waals surface area contributed by atoms with Crippen molar-refractivity contribution in [2.24, 2.45) is 0 Å². The lowest BCUT2D eigenvalue weighted by Gasteiger charge is -2.06. The van der Waals surface area contributed by atoms with E-state index in [0.29, 0.717) is 18.7 Å². The van der Waals surface area contributed by atoms with E-state index in [2.05, 4.69) is 11.2 Å². The molecule has 0 amide bonds. The topological polar surface area (TPSA) is 79.4 Å². The van der Waals surface area contributed by atoms with Gasteiger partial charge in [-0.3, -0.25) is 9.48 Å². The number of carbonyl (C=O) groups excluding carboxylic acids is 1. The zero-order chi connectivity index (χ0) is 14.7. The number of esters is 1. The molecule has 6 nitrogen and oxygen atoms in total. The number of nitrogens with zero attached hydrogens (tertiary/aromatic N) is 2. The lowest BCUT2D eigenvalue weighted by molar-refractivity contribution is -0.144. The summed E-state index contributed by atoms with van der Waals surface area (Å²) in [5, 5.41) is 3.94. The summed E-state index contributed by atoms with van der Waals surface area (Å²) in [4.78, 5) is 11.7. The van der Waals surface area contributed by atoms with Crippen molar-refractivity contribution in [1.82, 2.24) is 9.78 Å². The van der Waals surface area contributed by atoms with E-state index in [1.165, 1.54) is 16.4 Å². The minimum absolute atomic E-state index is 0.0786. The third kappa shape index (κ3) is 3.34. The van der Waals surface area contributed by atoms with E-state index in [1.54, 1.807) is 6.20 Å². The van der Waals surface area contributed by atoms with Crippen molar-refractivity contribution in [2.75, 3.05) is 18.9 Å². The number of benzene rings is 1. The maximum Gasteiger partial charge on any atom is 0.327 e. The highest BCUT2D eigenvalue weighted by Gasteiger charge is 2.12. The van der Waals surface area contributed by atoms with Crippen LogP contribution in [-0.2, 0) is 28.9 Å². The Kier molecular flexibility index (Phi) is 3.77. The summed E-state index contributed by atoms with van der Waals surface area (Å²) < 4.78 is 12.1. The number of ether oxygens (including phenoxy) is 2. The first-order valence-corrected chi connectivity index (χ1v) is 6.89. The van der Waals surface area contributed by atoms with E-state index >= 15 is 0 Å². The number of carbonyl (C=O) groups is 1. The molecule has 0 saturated heterocycles. The molecule has 2 aromatic rings. The molecule has 0 atom stereocenters. The fraction of sp³-hybridized carbons (Fsp3) is 0.333. The van der Waals surface area contributed by atoms with Gasteiger partial charge in [0.25, 0.3) is 0 Å². The van der Waals surface area contributed by atoms with Gasteiger partial charge < -0.3 is 15.2 Å². The Morgan fingerprint density at radius 1 is 1.48 bits per heavy atom. The average Bonchev–Trinajstić information content (AvgIpc) is 3.07. The van der Waals surface area contributed by atoms with Crippen LogP contribution in [0.1, 0.15) is 11.1 Å². The molecule has 21 heavy (non-hydrogen) atoms.